The molecule has 1 aliphatic carbocycles. The van der Waals surface area contributed by atoms with Crippen molar-refractivity contribution in [2.75, 3.05) is 16.8 Å². The molecule has 2 aromatic heterocycles. The summed E-state index contributed by atoms with van der Waals surface area (Å²) in [7, 11) is 0. The molecule has 4 rings (SSSR count). The molecule has 0 bridgehead atoms. The summed E-state index contributed by atoms with van der Waals surface area (Å²) in [5.74, 6) is -0.302. The number of nitriles is 1. The van der Waals surface area contributed by atoms with E-state index in [2.05, 4.69) is 16.5 Å². The van der Waals surface area contributed by atoms with Gasteiger partial charge in [-0.3, -0.25) is 4.79 Å². The molecule has 1 aliphatic rings. The first-order valence-corrected chi connectivity index (χ1v) is 9.84. The Balaban J connectivity index is 1.62. The topological polar surface area (TPSA) is 131 Å². The second kappa shape index (κ2) is 7.37. The molecule has 1 saturated carbocycles. The summed E-state index contributed by atoms with van der Waals surface area (Å²) in [4.78, 5) is 13.2. The molecule has 0 radical (unpaired) electrons. The number of rotatable bonds is 5. The number of ketones is 1. The zero-order valence-corrected chi connectivity index (χ0v) is 15.9. The van der Waals surface area contributed by atoms with Crippen LogP contribution in [0.5, 0.6) is 0 Å². The number of nitrogens with zero attached hydrogens (tertiary/aromatic N) is 2. The molecule has 8 heteroatoms. The average Bonchev–Trinajstić information content (AvgIpc) is 3.43. The van der Waals surface area contributed by atoms with Gasteiger partial charge in [-0.1, -0.05) is 30.1 Å². The fourth-order valence-corrected chi connectivity index (χ4v) is 4.46. The molecule has 28 heavy (non-hydrogen) atoms. The van der Waals surface area contributed by atoms with Crippen LogP contribution in [0.1, 0.15) is 46.7 Å². The highest BCUT2D eigenvalue weighted by molar-refractivity contribution is 7.19. The minimum Gasteiger partial charge on any atom is -0.399 e. The fourth-order valence-electron chi connectivity index (χ4n) is 3.36. The Bertz CT molecular complexity index is 1060. The maximum absolute atomic E-state index is 12.9. The van der Waals surface area contributed by atoms with Crippen LogP contribution < -0.4 is 16.8 Å². The Kier molecular flexibility index (Phi) is 4.75. The summed E-state index contributed by atoms with van der Waals surface area (Å²) in [6.45, 7) is 0. The number of nitrogens with one attached hydrogen (secondary N) is 1. The lowest BCUT2D eigenvalue weighted by molar-refractivity contribution is 0.100. The largest absolute Gasteiger partial charge is 0.399 e. The quantitative estimate of drug-likeness (QED) is 0.440. The summed E-state index contributed by atoms with van der Waals surface area (Å²) in [5.41, 5.74) is 14.3. The van der Waals surface area contributed by atoms with Crippen LogP contribution in [0.25, 0.3) is 11.3 Å². The summed E-state index contributed by atoms with van der Waals surface area (Å²) >= 11 is 1.20. The number of anilines is 3. The standard InChI is InChI=1S/C20H19N5O2S/c21-10-14-17(23)19(28-20(14)24-13-3-1-2-4-13)18(26)16-9-15(25-27-16)11-5-7-12(22)8-6-11/h5-9,13,24H,1-4,22-23H2. The molecule has 1 fully saturated rings. The average molecular weight is 393 g/mol. The van der Waals surface area contributed by atoms with Gasteiger partial charge in [-0.05, 0) is 25.0 Å². The number of hydrogen-bond acceptors (Lipinski definition) is 8. The summed E-state index contributed by atoms with van der Waals surface area (Å²) < 4.78 is 5.25. The fraction of sp³-hybridized carbons (Fsp3) is 0.250. The van der Waals surface area contributed by atoms with Crippen molar-refractivity contribution in [1.29, 1.82) is 5.26 Å². The third kappa shape index (κ3) is 3.32. The SMILES string of the molecule is N#Cc1c(NC2CCCC2)sc(C(=O)c2cc(-c3ccc(N)cc3)no2)c1N. The molecule has 0 spiro atoms. The van der Waals surface area contributed by atoms with Gasteiger partial charge >= 0.3 is 0 Å². The first-order chi connectivity index (χ1) is 13.6. The number of aromatic nitrogens is 1. The monoisotopic (exact) mass is 393 g/mol. The van der Waals surface area contributed by atoms with Crippen LogP contribution in [0, 0.1) is 11.3 Å². The van der Waals surface area contributed by atoms with Gasteiger partial charge in [0.1, 0.15) is 27.2 Å². The van der Waals surface area contributed by atoms with Crippen molar-refractivity contribution >= 4 is 33.5 Å². The number of carbonyl (C=O) groups excluding carboxylic acids is 1. The Morgan fingerprint density at radius 1 is 1.25 bits per heavy atom. The van der Waals surface area contributed by atoms with E-state index in [1.807, 2.05) is 0 Å². The highest BCUT2D eigenvalue weighted by Gasteiger charge is 2.26. The number of nitrogen functional groups attached to an aromatic ring is 2. The van der Waals surface area contributed by atoms with Gasteiger partial charge in [0.25, 0.3) is 0 Å². The number of carbonyl (C=O) groups is 1. The summed E-state index contributed by atoms with van der Waals surface area (Å²) in [6.07, 6.45) is 4.44. The lowest BCUT2D eigenvalue weighted by atomic mass is 10.1. The van der Waals surface area contributed by atoms with Crippen LogP contribution in [0.3, 0.4) is 0 Å². The van der Waals surface area contributed by atoms with Crippen LogP contribution in [-0.4, -0.2) is 17.0 Å². The third-order valence-electron chi connectivity index (χ3n) is 4.89. The number of nitrogens with two attached hydrogens (primary N) is 2. The normalized spacial score (nSPS) is 14.1. The van der Waals surface area contributed by atoms with Crippen molar-refractivity contribution in [3.63, 3.8) is 0 Å². The molecule has 0 unspecified atom stereocenters. The van der Waals surface area contributed by atoms with Gasteiger partial charge in [0.15, 0.2) is 0 Å². The Labute approximate surface area is 165 Å². The van der Waals surface area contributed by atoms with E-state index >= 15 is 0 Å². The van der Waals surface area contributed by atoms with E-state index < -0.39 is 0 Å². The molecular formula is C20H19N5O2S. The van der Waals surface area contributed by atoms with Crippen LogP contribution in [-0.2, 0) is 0 Å². The molecule has 1 aromatic carbocycles. The first-order valence-electron chi connectivity index (χ1n) is 9.03. The van der Waals surface area contributed by atoms with Crippen molar-refractivity contribution in [2.45, 2.75) is 31.7 Å². The van der Waals surface area contributed by atoms with E-state index in [4.69, 9.17) is 16.0 Å². The predicted molar refractivity (Wildman–Crippen MR) is 109 cm³/mol. The lowest BCUT2D eigenvalue weighted by Gasteiger charge is -2.11. The smallest absolute Gasteiger partial charge is 0.243 e. The second-order valence-electron chi connectivity index (χ2n) is 6.81. The highest BCUT2D eigenvalue weighted by atomic mass is 32.1. The molecule has 2 heterocycles. The first kappa shape index (κ1) is 18.1. The molecule has 7 nitrogen and oxygen atoms in total. The Morgan fingerprint density at radius 2 is 1.96 bits per heavy atom. The van der Waals surface area contributed by atoms with E-state index in [9.17, 15) is 10.1 Å². The minimum absolute atomic E-state index is 0.0803. The summed E-state index contributed by atoms with van der Waals surface area (Å²) in [6, 6.07) is 11.1. The molecule has 3 aromatic rings. The van der Waals surface area contributed by atoms with Crippen LogP contribution >= 0.6 is 11.3 Å². The van der Waals surface area contributed by atoms with Crippen LogP contribution in [0.2, 0.25) is 0 Å². The van der Waals surface area contributed by atoms with Crippen molar-refractivity contribution in [3.05, 3.63) is 46.5 Å². The molecule has 0 amide bonds. The molecular weight excluding hydrogens is 374 g/mol. The Morgan fingerprint density at radius 3 is 2.64 bits per heavy atom. The van der Waals surface area contributed by atoms with Crippen molar-refractivity contribution in [3.8, 4) is 17.3 Å². The van der Waals surface area contributed by atoms with E-state index in [1.54, 1.807) is 30.3 Å². The van der Waals surface area contributed by atoms with Gasteiger partial charge in [-0.25, -0.2) is 0 Å². The number of thiophene rings is 1. The van der Waals surface area contributed by atoms with Gasteiger partial charge < -0.3 is 21.3 Å². The molecule has 0 atom stereocenters. The Hall–Kier alpha value is -3.31. The van der Waals surface area contributed by atoms with Crippen molar-refractivity contribution in [1.82, 2.24) is 5.16 Å². The molecule has 0 saturated heterocycles. The van der Waals surface area contributed by atoms with Crippen molar-refractivity contribution < 1.29 is 9.32 Å². The van der Waals surface area contributed by atoms with Crippen LogP contribution in [0.4, 0.5) is 16.4 Å². The van der Waals surface area contributed by atoms with Gasteiger partial charge in [-0.15, -0.1) is 11.3 Å². The number of benzene rings is 1. The van der Waals surface area contributed by atoms with Gasteiger partial charge in [0.05, 0.1) is 5.69 Å². The van der Waals surface area contributed by atoms with Gasteiger partial charge in [0, 0.05) is 23.4 Å². The number of hydrogen-bond donors (Lipinski definition) is 3. The zero-order chi connectivity index (χ0) is 19.7. The van der Waals surface area contributed by atoms with Crippen LogP contribution in [0.15, 0.2) is 34.9 Å². The lowest BCUT2D eigenvalue weighted by Crippen LogP contribution is -2.14. The van der Waals surface area contributed by atoms with Gasteiger partial charge in [0.2, 0.25) is 11.5 Å². The zero-order valence-electron chi connectivity index (χ0n) is 15.1. The molecule has 142 valence electrons. The third-order valence-corrected chi connectivity index (χ3v) is 6.03. The van der Waals surface area contributed by atoms with E-state index in [1.165, 1.54) is 11.3 Å². The molecule has 5 N–H and O–H groups in total. The maximum atomic E-state index is 12.9. The van der Waals surface area contributed by atoms with E-state index in [-0.39, 0.29) is 22.1 Å². The van der Waals surface area contributed by atoms with E-state index in [0.29, 0.717) is 28.0 Å². The maximum Gasteiger partial charge on any atom is 0.243 e. The van der Waals surface area contributed by atoms with Gasteiger partial charge in [-0.2, -0.15) is 5.26 Å². The minimum atomic E-state index is -0.382. The highest BCUT2D eigenvalue weighted by Crippen LogP contribution is 2.38. The molecule has 0 aliphatic heterocycles. The predicted octanol–water partition coefficient (Wildman–Crippen LogP) is 4.02. The summed E-state index contributed by atoms with van der Waals surface area (Å²) in [5, 5.41) is 17.5. The van der Waals surface area contributed by atoms with E-state index in [0.717, 1.165) is 31.2 Å². The second-order valence-corrected chi connectivity index (χ2v) is 7.83. The van der Waals surface area contributed by atoms with Crippen molar-refractivity contribution in [2.24, 2.45) is 0 Å².